The first-order valence-corrected chi connectivity index (χ1v) is 21.0. The molecule has 0 saturated heterocycles. The van der Waals surface area contributed by atoms with Crippen LogP contribution < -0.4 is 4.57 Å². The van der Waals surface area contributed by atoms with Gasteiger partial charge in [0.05, 0.1) is 35.5 Å². The average Bonchev–Trinajstić information content (AvgIpc) is 4.09. The molecule has 0 saturated carbocycles. The molecule has 0 aliphatic heterocycles. The first kappa shape index (κ1) is 35.5. The van der Waals surface area contributed by atoms with Crippen molar-refractivity contribution in [2.24, 2.45) is 7.05 Å². The van der Waals surface area contributed by atoms with Gasteiger partial charge in [0.2, 0.25) is 6.33 Å². The van der Waals surface area contributed by atoms with Gasteiger partial charge < -0.3 is 9.13 Å². The van der Waals surface area contributed by atoms with Crippen LogP contribution in [0.3, 0.4) is 0 Å². The van der Waals surface area contributed by atoms with Gasteiger partial charge in [-0.3, -0.25) is 34.9 Å². The van der Waals surface area contributed by atoms with E-state index in [9.17, 15) is 0 Å². The second-order valence-electron chi connectivity index (χ2n) is 16.4. The standard InChI is InChI=1S/C54H35N9/c1-62-30-31-63(34-62)54(50-43(20-10-28-60-50)44-21-11-29-61-51(44)54)38-15-5-13-36(33-38)52(46-39(16-6-24-56-46)40-17-7-25-57-47(40)52)35-12-4-14-37(32-35)53(45-22-2-3-23-55-45)48-41(18-8-26-58-48)42-19-9-27-59-49(42)53/h2-33H,1H3. The van der Waals surface area contributed by atoms with E-state index in [0.717, 1.165) is 95.5 Å². The molecule has 2 aromatic carbocycles. The van der Waals surface area contributed by atoms with Crippen LogP contribution in [0.1, 0.15) is 62.1 Å². The molecule has 0 N–H and O–H groups in total. The Morgan fingerprint density at radius 3 is 1.24 bits per heavy atom. The Hall–Kier alpha value is -8.30. The van der Waals surface area contributed by atoms with E-state index in [-0.39, 0.29) is 0 Å². The van der Waals surface area contributed by atoms with Crippen LogP contribution in [0, 0.1) is 6.33 Å². The van der Waals surface area contributed by atoms with Gasteiger partial charge in [-0.15, -0.1) is 0 Å². The molecular formula is C54H35N9. The summed E-state index contributed by atoms with van der Waals surface area (Å²) in [6, 6.07) is 48.8. The first-order valence-electron chi connectivity index (χ1n) is 21.0. The molecule has 9 heteroatoms. The van der Waals surface area contributed by atoms with Crippen molar-refractivity contribution in [1.82, 2.24) is 39.5 Å². The fourth-order valence-electron chi connectivity index (χ4n) is 11.0. The predicted molar refractivity (Wildman–Crippen MR) is 237 cm³/mol. The van der Waals surface area contributed by atoms with E-state index in [0.29, 0.717) is 0 Å². The normalized spacial score (nSPS) is 15.1. The van der Waals surface area contributed by atoms with E-state index in [4.69, 9.17) is 34.9 Å². The number of pyridine rings is 7. The maximum Gasteiger partial charge on any atom is 0.205 e. The molecule has 63 heavy (non-hydrogen) atoms. The molecule has 0 atom stereocenters. The minimum atomic E-state index is -0.978. The van der Waals surface area contributed by atoms with Gasteiger partial charge in [-0.2, -0.15) is 0 Å². The molecule has 0 fully saturated rings. The number of hydrogen-bond donors (Lipinski definition) is 0. The van der Waals surface area contributed by atoms with Crippen molar-refractivity contribution >= 4 is 0 Å². The Kier molecular flexibility index (Phi) is 7.37. The van der Waals surface area contributed by atoms with Crippen molar-refractivity contribution in [3.63, 3.8) is 0 Å². The number of rotatable bonds is 6. The van der Waals surface area contributed by atoms with E-state index >= 15 is 0 Å². The molecule has 13 rings (SSSR count). The maximum atomic E-state index is 5.32. The van der Waals surface area contributed by atoms with Crippen molar-refractivity contribution in [2.45, 2.75) is 16.4 Å². The minimum Gasteiger partial charge on any atom is -0.354 e. The molecule has 9 nitrogen and oxygen atoms in total. The van der Waals surface area contributed by atoms with Gasteiger partial charge in [-0.1, -0.05) is 84.9 Å². The van der Waals surface area contributed by atoms with Crippen LogP contribution in [-0.2, 0) is 23.4 Å². The van der Waals surface area contributed by atoms with Crippen molar-refractivity contribution in [1.29, 1.82) is 0 Å². The van der Waals surface area contributed by atoms with Crippen LogP contribution >= 0.6 is 0 Å². The largest absolute Gasteiger partial charge is 0.354 e. The molecule has 3 aliphatic rings. The van der Waals surface area contributed by atoms with E-state index in [1.807, 2.05) is 110 Å². The summed E-state index contributed by atoms with van der Waals surface area (Å²) >= 11 is 0. The summed E-state index contributed by atoms with van der Waals surface area (Å²) in [6.07, 6.45) is 20.8. The Morgan fingerprint density at radius 2 is 0.794 bits per heavy atom. The average molecular weight is 810 g/mol. The Bertz CT molecular complexity index is 3330. The molecule has 296 valence electrons. The summed E-state index contributed by atoms with van der Waals surface area (Å²) in [7, 11) is 1.99. The van der Waals surface area contributed by atoms with Gasteiger partial charge >= 0.3 is 0 Å². The fraction of sp³-hybridized carbons (Fsp3) is 0.0741. The Balaban J connectivity index is 1.13. The van der Waals surface area contributed by atoms with Crippen LogP contribution in [0.4, 0.5) is 0 Å². The molecule has 0 unspecified atom stereocenters. The molecule has 0 bridgehead atoms. The molecule has 0 amide bonds. The fourth-order valence-corrected chi connectivity index (χ4v) is 11.0. The molecule has 3 aliphatic carbocycles. The molecular weight excluding hydrogens is 775 g/mol. The number of nitrogens with zero attached hydrogens (tertiary/aromatic N) is 9. The Labute approximate surface area is 363 Å². The van der Waals surface area contributed by atoms with Crippen molar-refractivity contribution in [3.8, 4) is 33.4 Å². The number of aromatic nitrogens is 9. The molecule has 0 radical (unpaired) electrons. The topological polar surface area (TPSA) is 99.0 Å². The van der Waals surface area contributed by atoms with Crippen LogP contribution in [0.5, 0.6) is 0 Å². The molecule has 0 spiro atoms. The third-order valence-electron chi connectivity index (χ3n) is 13.4. The highest BCUT2D eigenvalue weighted by Crippen LogP contribution is 2.59. The monoisotopic (exact) mass is 809 g/mol. The second-order valence-corrected chi connectivity index (χ2v) is 16.4. The number of aryl methyl sites for hydroxylation is 1. The summed E-state index contributed by atoms with van der Waals surface area (Å²) in [5, 5.41) is 0. The summed E-state index contributed by atoms with van der Waals surface area (Å²) in [4.78, 5) is 36.4. The lowest BCUT2D eigenvalue weighted by Gasteiger charge is -2.36. The van der Waals surface area contributed by atoms with E-state index in [2.05, 4.69) is 108 Å². The SMILES string of the molecule is C[n+]1[c-]n(C2(c3cccc(C4(c5cccc(C6(c7ccccn7)c7ncccc7-c7cccnc76)c5)c5ncccc5-c5cccnc54)c3)c3ncccc3-c3cccnc32)cc1. The minimum absolute atomic E-state index is 0.843. The van der Waals surface area contributed by atoms with Crippen molar-refractivity contribution < 1.29 is 4.57 Å². The van der Waals surface area contributed by atoms with Crippen LogP contribution in [-0.4, -0.2) is 39.5 Å². The van der Waals surface area contributed by atoms with Gasteiger partial charge in [-0.05, 0) is 83.7 Å². The number of fused-ring (bicyclic) bond motifs is 9. The van der Waals surface area contributed by atoms with Gasteiger partial charge in [0.1, 0.15) is 22.2 Å². The number of hydrogen-bond acceptors (Lipinski definition) is 7. The highest BCUT2D eigenvalue weighted by Gasteiger charge is 2.55. The van der Waals surface area contributed by atoms with Crippen molar-refractivity contribution in [3.05, 3.63) is 264 Å². The zero-order valence-corrected chi connectivity index (χ0v) is 34.0. The van der Waals surface area contributed by atoms with E-state index < -0.39 is 16.4 Å². The van der Waals surface area contributed by atoms with Crippen molar-refractivity contribution in [2.75, 3.05) is 0 Å². The summed E-state index contributed by atoms with van der Waals surface area (Å²) < 4.78 is 4.07. The highest BCUT2D eigenvalue weighted by molar-refractivity contribution is 5.86. The molecule has 8 heterocycles. The maximum absolute atomic E-state index is 5.32. The highest BCUT2D eigenvalue weighted by atomic mass is 15.2. The lowest BCUT2D eigenvalue weighted by Crippen LogP contribution is -2.39. The van der Waals surface area contributed by atoms with Gasteiger partial charge in [-0.25, -0.2) is 0 Å². The summed E-state index contributed by atoms with van der Waals surface area (Å²) in [6.45, 7) is 0. The third kappa shape index (κ3) is 4.49. The van der Waals surface area contributed by atoms with Crippen LogP contribution in [0.2, 0.25) is 0 Å². The smallest absolute Gasteiger partial charge is 0.205 e. The Morgan fingerprint density at radius 1 is 0.397 bits per heavy atom. The van der Waals surface area contributed by atoms with Crippen LogP contribution in [0.15, 0.2) is 195 Å². The zero-order chi connectivity index (χ0) is 41.8. The quantitative estimate of drug-likeness (QED) is 0.123. The lowest BCUT2D eigenvalue weighted by molar-refractivity contribution is -0.675. The zero-order valence-electron chi connectivity index (χ0n) is 34.0. The molecule has 8 aromatic heterocycles. The first-order chi connectivity index (χ1) is 31.2. The predicted octanol–water partition coefficient (Wildman–Crippen LogP) is 8.42. The van der Waals surface area contributed by atoms with E-state index in [1.165, 1.54) is 0 Å². The van der Waals surface area contributed by atoms with Gasteiger partial charge in [0, 0.05) is 82.3 Å². The van der Waals surface area contributed by atoms with Gasteiger partial charge in [0.25, 0.3) is 0 Å². The number of benzene rings is 2. The van der Waals surface area contributed by atoms with E-state index in [1.54, 1.807) is 0 Å². The summed E-state index contributed by atoms with van der Waals surface area (Å²) in [5.41, 5.74) is 13.6. The van der Waals surface area contributed by atoms with Gasteiger partial charge in [0.15, 0.2) is 5.54 Å². The third-order valence-corrected chi connectivity index (χ3v) is 13.4. The summed E-state index contributed by atoms with van der Waals surface area (Å²) in [5.74, 6) is 0. The molecule has 10 aromatic rings. The second kappa shape index (κ2) is 13.1. The van der Waals surface area contributed by atoms with Crippen LogP contribution in [0.25, 0.3) is 33.4 Å². The number of imidazole rings is 1. The lowest BCUT2D eigenvalue weighted by atomic mass is 9.67.